The molecule has 0 bridgehead atoms. The van der Waals surface area contributed by atoms with Crippen molar-refractivity contribution in [2.75, 3.05) is 6.61 Å². The van der Waals surface area contributed by atoms with Crippen LogP contribution >= 0.6 is 0 Å². The number of benzene rings is 1. The van der Waals surface area contributed by atoms with Crippen molar-refractivity contribution in [1.29, 1.82) is 5.26 Å². The number of rotatable bonds is 6. The molecule has 1 saturated heterocycles. The highest BCUT2D eigenvalue weighted by molar-refractivity contribution is 5.69. The number of hydrogen-bond acceptors (Lipinski definition) is 11. The average molecular weight is 471 g/mol. The predicted octanol–water partition coefficient (Wildman–Crippen LogP) is 0.599. The Bertz CT molecular complexity index is 1070. The molecule has 0 aromatic heterocycles. The van der Waals surface area contributed by atoms with Gasteiger partial charge in [-0.15, -0.1) is 0 Å². The molecule has 11 nitrogen and oxygen atoms in total. The van der Waals surface area contributed by atoms with Crippen molar-refractivity contribution in [3.8, 4) is 6.07 Å². The van der Waals surface area contributed by atoms with Crippen molar-refractivity contribution in [2.24, 2.45) is 0 Å². The lowest BCUT2D eigenvalue weighted by atomic mass is 9.87. The molecule has 1 aliphatic rings. The number of carbonyl (C=O) groups excluding carboxylic acids is 4. The smallest absolute Gasteiger partial charge is 0.303 e. The van der Waals surface area contributed by atoms with Crippen LogP contribution in [-0.2, 0) is 48.6 Å². The monoisotopic (exact) mass is 471 g/mol. The minimum atomic E-state index is -2.91. The van der Waals surface area contributed by atoms with Gasteiger partial charge in [-0.25, -0.2) is 4.39 Å². The molecule has 1 aliphatic heterocycles. The van der Waals surface area contributed by atoms with Crippen LogP contribution in [0.5, 0.6) is 0 Å². The third kappa shape index (κ3) is 6.03. The highest BCUT2D eigenvalue weighted by Gasteiger charge is 2.60. The van der Waals surface area contributed by atoms with Crippen LogP contribution in [-0.4, -0.2) is 60.0 Å². The van der Waals surface area contributed by atoms with Crippen LogP contribution in [0, 0.1) is 17.1 Å². The summed E-state index contributed by atoms with van der Waals surface area (Å²) in [5.74, 6) is -8.82. The van der Waals surface area contributed by atoms with Crippen LogP contribution < -0.4 is 0 Å². The molecule has 1 aromatic carbocycles. The van der Waals surface area contributed by atoms with Gasteiger partial charge in [0, 0.05) is 38.6 Å². The first-order chi connectivity index (χ1) is 17.5. The van der Waals surface area contributed by atoms with E-state index in [0.29, 0.717) is 6.07 Å². The summed E-state index contributed by atoms with van der Waals surface area (Å²) < 4.78 is 69.1. The zero-order valence-electron chi connectivity index (χ0n) is 21.0. The van der Waals surface area contributed by atoms with E-state index in [1.807, 2.05) is 0 Å². The molecule has 1 fully saturated rings. The van der Waals surface area contributed by atoms with Crippen molar-refractivity contribution in [3.63, 3.8) is 0 Å². The van der Waals surface area contributed by atoms with E-state index in [1.165, 1.54) is 0 Å². The number of ether oxygens (including phenoxy) is 5. The maximum Gasteiger partial charge on any atom is 0.303 e. The van der Waals surface area contributed by atoms with Gasteiger partial charge in [-0.05, 0) is 12.1 Å². The standard InChI is InChI=1S/C21H22FNO10/c1-10(24)29-9-17-18(30-11(2)25)19(31-12(3)26)20(32-13(4)27)21(28,33-17)15-6-5-14(8-23)16(22)7-15/h5-7,17-20,28H,9H2,1-4H3/t17-,18-,19+,20-,21?/m1/s1/i1D,2D,3D,4D. The van der Waals surface area contributed by atoms with Gasteiger partial charge in [0.05, 0.1) is 5.56 Å². The van der Waals surface area contributed by atoms with E-state index in [-0.39, 0.29) is 0 Å². The van der Waals surface area contributed by atoms with E-state index in [4.69, 9.17) is 34.4 Å². The van der Waals surface area contributed by atoms with E-state index in [9.17, 15) is 28.7 Å². The van der Waals surface area contributed by atoms with E-state index < -0.39 is 105 Å². The van der Waals surface area contributed by atoms with Gasteiger partial charge in [-0.2, -0.15) is 5.26 Å². The molecule has 1 aromatic rings. The highest BCUT2D eigenvalue weighted by atomic mass is 19.1. The second kappa shape index (κ2) is 10.4. The molecule has 0 saturated carbocycles. The third-order valence-corrected chi connectivity index (χ3v) is 4.41. The molecule has 5 atom stereocenters. The Morgan fingerprint density at radius 2 is 1.70 bits per heavy atom. The van der Waals surface area contributed by atoms with Crippen LogP contribution in [0.15, 0.2) is 18.2 Å². The number of carbonyl (C=O) groups is 4. The third-order valence-electron chi connectivity index (χ3n) is 4.41. The number of hydrogen-bond donors (Lipinski definition) is 1. The fraction of sp³-hybridized carbons (Fsp3) is 0.476. The molecule has 0 radical (unpaired) electrons. The molecule has 0 amide bonds. The molecule has 1 unspecified atom stereocenters. The number of nitrogens with zero attached hydrogens (tertiary/aromatic N) is 1. The Morgan fingerprint density at radius 1 is 1.09 bits per heavy atom. The summed E-state index contributed by atoms with van der Waals surface area (Å²) in [5.41, 5.74) is -0.899. The van der Waals surface area contributed by atoms with Crippen molar-refractivity contribution >= 4 is 23.9 Å². The summed E-state index contributed by atoms with van der Waals surface area (Å²) >= 11 is 0. The molecule has 33 heavy (non-hydrogen) atoms. The summed E-state index contributed by atoms with van der Waals surface area (Å²) in [4.78, 5) is 47.8. The minimum Gasteiger partial charge on any atom is -0.463 e. The average Bonchev–Trinajstić information content (AvgIpc) is 2.90. The van der Waals surface area contributed by atoms with Crippen molar-refractivity contribution in [2.45, 2.75) is 57.8 Å². The zero-order chi connectivity index (χ0) is 27.8. The number of nitriles is 1. The van der Waals surface area contributed by atoms with Gasteiger partial charge in [0.1, 0.15) is 24.6 Å². The first kappa shape index (κ1) is 20.1. The molecule has 1 heterocycles. The van der Waals surface area contributed by atoms with Gasteiger partial charge in [-0.3, -0.25) is 19.2 Å². The van der Waals surface area contributed by atoms with Gasteiger partial charge in [0.15, 0.2) is 12.2 Å². The van der Waals surface area contributed by atoms with Crippen LogP contribution in [0.4, 0.5) is 4.39 Å². The Balaban J connectivity index is 2.72. The second-order valence-electron chi connectivity index (χ2n) is 6.66. The van der Waals surface area contributed by atoms with Gasteiger partial charge in [-0.1, -0.05) is 6.07 Å². The molecular formula is C21H22FNO10. The Kier molecular flexibility index (Phi) is 6.31. The molecule has 2 rings (SSSR count). The first-order valence-electron chi connectivity index (χ1n) is 11.9. The topological polar surface area (TPSA) is 158 Å². The quantitative estimate of drug-likeness (QED) is 0.457. The lowest BCUT2D eigenvalue weighted by Gasteiger charge is -2.48. The van der Waals surface area contributed by atoms with Gasteiger partial charge < -0.3 is 28.8 Å². The SMILES string of the molecule is [2H]CC(=O)OC[C@H]1OC(O)(c2ccc(C#N)c(F)c2)[C@H](OC(=O)C[2H])[C@@H](OC(=O)C[2H])[C@@H]1OC(=O)C[2H]. The lowest BCUT2D eigenvalue weighted by molar-refractivity contribution is -0.360. The Morgan fingerprint density at radius 3 is 2.27 bits per heavy atom. The maximum absolute atomic E-state index is 14.5. The van der Waals surface area contributed by atoms with Crippen molar-refractivity contribution in [1.82, 2.24) is 0 Å². The van der Waals surface area contributed by atoms with Gasteiger partial charge in [0.25, 0.3) is 0 Å². The first-order valence-corrected chi connectivity index (χ1v) is 9.05. The summed E-state index contributed by atoms with van der Waals surface area (Å²) in [7, 11) is 0. The van der Waals surface area contributed by atoms with Crippen molar-refractivity contribution in [3.05, 3.63) is 35.1 Å². The summed E-state index contributed by atoms with van der Waals surface area (Å²) in [6.07, 6.45) is -7.62. The predicted molar refractivity (Wildman–Crippen MR) is 103 cm³/mol. The number of aliphatic hydroxyl groups is 1. The zero-order valence-corrected chi connectivity index (χ0v) is 17.0. The Hall–Kier alpha value is -3.56. The minimum absolute atomic E-state index is 0.428. The van der Waals surface area contributed by atoms with E-state index in [1.54, 1.807) is 6.07 Å². The van der Waals surface area contributed by atoms with Crippen LogP contribution in [0.1, 0.15) is 44.2 Å². The second-order valence-corrected chi connectivity index (χ2v) is 6.66. The molecule has 0 spiro atoms. The largest absolute Gasteiger partial charge is 0.463 e. The van der Waals surface area contributed by atoms with E-state index >= 15 is 0 Å². The molecular weight excluding hydrogens is 445 g/mol. The van der Waals surface area contributed by atoms with Gasteiger partial charge >= 0.3 is 23.9 Å². The lowest BCUT2D eigenvalue weighted by Crippen LogP contribution is -2.66. The number of halogens is 1. The summed E-state index contributed by atoms with van der Waals surface area (Å²) in [5, 5.41) is 20.6. The van der Waals surface area contributed by atoms with E-state index in [0.717, 1.165) is 12.1 Å². The van der Waals surface area contributed by atoms with Crippen LogP contribution in [0.2, 0.25) is 0 Å². The fourth-order valence-electron chi connectivity index (χ4n) is 3.20. The van der Waals surface area contributed by atoms with Gasteiger partial charge in [0.2, 0.25) is 11.9 Å². The van der Waals surface area contributed by atoms with Crippen LogP contribution in [0.3, 0.4) is 0 Å². The summed E-state index contributed by atoms with van der Waals surface area (Å²) in [6, 6.07) is 4.21. The summed E-state index contributed by atoms with van der Waals surface area (Å²) in [6.45, 7) is -4.54. The molecule has 12 heteroatoms. The fourth-order valence-corrected chi connectivity index (χ4v) is 3.20. The highest BCUT2D eigenvalue weighted by Crippen LogP contribution is 2.41. The van der Waals surface area contributed by atoms with Crippen molar-refractivity contribution < 1.29 is 57.8 Å². The normalized spacial score (nSPS) is 28.0. The molecule has 178 valence electrons. The van der Waals surface area contributed by atoms with Crippen LogP contribution in [0.25, 0.3) is 0 Å². The molecule has 0 aliphatic carbocycles. The Labute approximate surface area is 193 Å². The number of esters is 4. The van der Waals surface area contributed by atoms with E-state index in [2.05, 4.69) is 0 Å². The maximum atomic E-state index is 14.5. The molecule has 1 N–H and O–H groups in total.